The Morgan fingerprint density at radius 1 is 1.11 bits per heavy atom. The lowest BCUT2D eigenvalue weighted by Crippen LogP contribution is -2.58. The molecular formula is C28H35ClN2O6. The summed E-state index contributed by atoms with van der Waals surface area (Å²) >= 11 is 6.02. The van der Waals surface area contributed by atoms with Crippen molar-refractivity contribution < 1.29 is 29.0 Å². The first-order valence-corrected chi connectivity index (χ1v) is 12.6. The summed E-state index contributed by atoms with van der Waals surface area (Å²) in [5.41, 5.74) is -0.714. The number of hydrogen-bond donors (Lipinski definition) is 2. The van der Waals surface area contributed by atoms with Gasteiger partial charge in [-0.25, -0.2) is 4.79 Å². The Balaban J connectivity index is 1.58. The first-order valence-electron chi connectivity index (χ1n) is 12.3. The van der Waals surface area contributed by atoms with E-state index >= 15 is 0 Å². The summed E-state index contributed by atoms with van der Waals surface area (Å²) in [4.78, 5) is 39.5. The molecule has 2 amide bonds. The Hall–Kier alpha value is -3.10. The van der Waals surface area contributed by atoms with Crippen molar-refractivity contribution in [2.75, 3.05) is 26.8 Å². The Kier molecular flexibility index (Phi) is 8.87. The van der Waals surface area contributed by atoms with E-state index in [0.29, 0.717) is 24.5 Å². The number of nitrogens with one attached hydrogen (secondary N) is 1. The van der Waals surface area contributed by atoms with E-state index in [1.165, 1.54) is 7.11 Å². The summed E-state index contributed by atoms with van der Waals surface area (Å²) in [5.74, 6) is -1.33. The SMILES string of the molecule is COC(=O)c1ccccc1OCC(=O)NC(C)[C@@H](C)C(=O)N1CC[C@](O)(c2ccc(Cl)cc2)C(C)(C)C1. The van der Waals surface area contributed by atoms with E-state index in [4.69, 9.17) is 21.1 Å². The van der Waals surface area contributed by atoms with Crippen LogP contribution >= 0.6 is 11.6 Å². The lowest BCUT2D eigenvalue weighted by atomic mass is 9.66. The average Bonchev–Trinajstić information content (AvgIpc) is 2.88. The molecule has 0 saturated carbocycles. The third-order valence-electron chi connectivity index (χ3n) is 7.26. The highest BCUT2D eigenvalue weighted by atomic mass is 35.5. The van der Waals surface area contributed by atoms with Gasteiger partial charge in [-0.15, -0.1) is 0 Å². The monoisotopic (exact) mass is 530 g/mol. The minimum atomic E-state index is -1.10. The van der Waals surface area contributed by atoms with Crippen molar-refractivity contribution >= 4 is 29.4 Å². The fourth-order valence-electron chi connectivity index (χ4n) is 4.71. The third-order valence-corrected chi connectivity index (χ3v) is 7.51. The van der Waals surface area contributed by atoms with Gasteiger partial charge in [0.25, 0.3) is 5.91 Å². The van der Waals surface area contributed by atoms with E-state index in [1.807, 2.05) is 26.0 Å². The summed E-state index contributed by atoms with van der Waals surface area (Å²) in [6.45, 7) is 7.86. The van der Waals surface area contributed by atoms with Gasteiger partial charge in [-0.2, -0.15) is 0 Å². The van der Waals surface area contributed by atoms with Gasteiger partial charge in [-0.05, 0) is 43.2 Å². The maximum Gasteiger partial charge on any atom is 0.341 e. The van der Waals surface area contributed by atoms with Crippen molar-refractivity contribution in [2.24, 2.45) is 11.3 Å². The van der Waals surface area contributed by atoms with E-state index in [0.717, 1.165) is 5.56 Å². The second kappa shape index (κ2) is 11.5. The number of halogens is 1. The zero-order chi connectivity index (χ0) is 27.4. The molecule has 0 bridgehead atoms. The van der Waals surface area contributed by atoms with Crippen LogP contribution in [0.4, 0.5) is 0 Å². The fraction of sp³-hybridized carbons (Fsp3) is 0.464. The maximum atomic E-state index is 13.3. The maximum absolute atomic E-state index is 13.3. The fourth-order valence-corrected chi connectivity index (χ4v) is 4.83. The summed E-state index contributed by atoms with van der Waals surface area (Å²) in [5, 5.41) is 15.0. The molecule has 3 atom stereocenters. The molecule has 2 N–H and O–H groups in total. The molecule has 2 aromatic carbocycles. The van der Waals surface area contributed by atoms with Crippen molar-refractivity contribution in [3.05, 3.63) is 64.7 Å². The van der Waals surface area contributed by atoms with E-state index in [9.17, 15) is 19.5 Å². The summed E-state index contributed by atoms with van der Waals surface area (Å²) < 4.78 is 10.3. The first-order chi connectivity index (χ1) is 17.4. The zero-order valence-corrected chi connectivity index (χ0v) is 22.7. The van der Waals surface area contributed by atoms with Gasteiger partial charge in [0.15, 0.2) is 6.61 Å². The molecule has 1 heterocycles. The predicted octanol–water partition coefficient (Wildman–Crippen LogP) is 3.79. The van der Waals surface area contributed by atoms with Crippen molar-refractivity contribution in [2.45, 2.75) is 45.8 Å². The molecule has 0 aliphatic carbocycles. The third kappa shape index (κ3) is 6.25. The van der Waals surface area contributed by atoms with Crippen molar-refractivity contribution in [3.63, 3.8) is 0 Å². The van der Waals surface area contributed by atoms with Crippen molar-refractivity contribution in [1.29, 1.82) is 0 Å². The highest BCUT2D eigenvalue weighted by molar-refractivity contribution is 6.30. The van der Waals surface area contributed by atoms with E-state index < -0.39 is 34.9 Å². The molecule has 1 aliphatic rings. The molecule has 3 rings (SSSR count). The topological polar surface area (TPSA) is 105 Å². The molecule has 1 unspecified atom stereocenters. The number of methoxy groups -OCH3 is 1. The second-order valence-corrected chi connectivity index (χ2v) is 10.6. The van der Waals surface area contributed by atoms with Crippen molar-refractivity contribution in [1.82, 2.24) is 10.2 Å². The van der Waals surface area contributed by atoms with E-state index in [1.54, 1.807) is 55.1 Å². The molecule has 200 valence electrons. The normalized spacial score (nSPS) is 20.5. The van der Waals surface area contributed by atoms with Crippen LogP contribution in [-0.2, 0) is 19.9 Å². The van der Waals surface area contributed by atoms with Gasteiger partial charge >= 0.3 is 5.97 Å². The van der Waals surface area contributed by atoms with Crippen LogP contribution in [0.2, 0.25) is 5.02 Å². The lowest BCUT2D eigenvalue weighted by molar-refractivity contribution is -0.156. The second-order valence-electron chi connectivity index (χ2n) is 10.2. The molecule has 9 heteroatoms. The quantitative estimate of drug-likeness (QED) is 0.503. The minimum absolute atomic E-state index is 0.101. The summed E-state index contributed by atoms with van der Waals surface area (Å²) in [7, 11) is 1.27. The number of rotatable bonds is 8. The number of carbonyl (C=O) groups excluding carboxylic acids is 3. The van der Waals surface area contributed by atoms with Crippen LogP contribution in [0.5, 0.6) is 5.75 Å². The molecule has 1 aliphatic heterocycles. The van der Waals surface area contributed by atoms with Crippen LogP contribution < -0.4 is 10.1 Å². The zero-order valence-electron chi connectivity index (χ0n) is 21.9. The largest absolute Gasteiger partial charge is 0.483 e. The number of nitrogens with zero attached hydrogens (tertiary/aromatic N) is 1. The Morgan fingerprint density at radius 2 is 1.76 bits per heavy atom. The minimum Gasteiger partial charge on any atom is -0.483 e. The molecule has 1 saturated heterocycles. The van der Waals surface area contributed by atoms with Crippen molar-refractivity contribution in [3.8, 4) is 5.75 Å². The molecule has 0 aromatic heterocycles. The van der Waals surface area contributed by atoms with Gasteiger partial charge in [-0.1, -0.05) is 56.6 Å². The highest BCUT2D eigenvalue weighted by Crippen LogP contribution is 2.46. The number of carbonyl (C=O) groups is 3. The Labute approximate surface area is 222 Å². The van der Waals surface area contributed by atoms with Crippen LogP contribution in [0.15, 0.2) is 48.5 Å². The molecule has 0 radical (unpaired) electrons. The first kappa shape index (κ1) is 28.5. The summed E-state index contributed by atoms with van der Waals surface area (Å²) in [6.07, 6.45) is 0.383. The molecule has 0 spiro atoms. The number of benzene rings is 2. The van der Waals surface area contributed by atoms with Crippen LogP contribution in [0, 0.1) is 11.3 Å². The molecule has 37 heavy (non-hydrogen) atoms. The number of ether oxygens (including phenoxy) is 2. The highest BCUT2D eigenvalue weighted by Gasteiger charge is 2.50. The molecular weight excluding hydrogens is 496 g/mol. The number of hydrogen-bond acceptors (Lipinski definition) is 6. The number of amides is 2. The number of para-hydroxylation sites is 1. The van der Waals surface area contributed by atoms with Crippen LogP contribution in [0.1, 0.15) is 50.0 Å². The number of aliphatic hydroxyl groups is 1. The Bertz CT molecular complexity index is 1140. The van der Waals surface area contributed by atoms with Crippen LogP contribution in [0.3, 0.4) is 0 Å². The van der Waals surface area contributed by atoms with Gasteiger partial charge in [-0.3, -0.25) is 9.59 Å². The Morgan fingerprint density at radius 3 is 2.38 bits per heavy atom. The van der Waals surface area contributed by atoms with Crippen LogP contribution in [0.25, 0.3) is 0 Å². The van der Waals surface area contributed by atoms with Gasteiger partial charge in [0.2, 0.25) is 5.91 Å². The number of likely N-dealkylation sites (tertiary alicyclic amines) is 1. The average molecular weight is 531 g/mol. The number of piperidine rings is 1. The van der Waals surface area contributed by atoms with E-state index in [-0.39, 0.29) is 23.8 Å². The van der Waals surface area contributed by atoms with Gasteiger partial charge in [0.05, 0.1) is 18.6 Å². The standard InChI is InChI=1S/C28H35ClN2O6/c1-18(19(2)30-24(32)16-37-23-9-7-6-8-22(23)26(34)36-5)25(33)31-15-14-28(35,27(3,4)17-31)20-10-12-21(29)13-11-20/h6-13,18-19,35H,14-17H2,1-5H3,(H,30,32)/t18-,19?,28+/m1/s1. The van der Waals surface area contributed by atoms with Gasteiger partial charge in [0, 0.05) is 29.6 Å². The molecule has 8 nitrogen and oxygen atoms in total. The molecule has 1 fully saturated rings. The molecule has 2 aromatic rings. The van der Waals surface area contributed by atoms with Gasteiger partial charge < -0.3 is 24.8 Å². The van der Waals surface area contributed by atoms with Gasteiger partial charge in [0.1, 0.15) is 11.3 Å². The summed E-state index contributed by atoms with van der Waals surface area (Å²) in [6, 6.07) is 13.2. The smallest absolute Gasteiger partial charge is 0.341 e. The van der Waals surface area contributed by atoms with E-state index in [2.05, 4.69) is 5.32 Å². The lowest BCUT2D eigenvalue weighted by Gasteiger charge is -2.51. The predicted molar refractivity (Wildman–Crippen MR) is 140 cm³/mol. The number of esters is 1. The van der Waals surface area contributed by atoms with Crippen LogP contribution in [-0.4, -0.2) is 60.6 Å².